The van der Waals surface area contributed by atoms with Crippen molar-refractivity contribution in [3.63, 3.8) is 0 Å². The van der Waals surface area contributed by atoms with Gasteiger partial charge >= 0.3 is 0 Å². The van der Waals surface area contributed by atoms with Gasteiger partial charge < -0.3 is 14.8 Å². The first-order valence-electron chi connectivity index (χ1n) is 6.92. The number of halogens is 1. The van der Waals surface area contributed by atoms with Crippen molar-refractivity contribution in [1.82, 2.24) is 0 Å². The Labute approximate surface area is 119 Å². The zero-order valence-electron chi connectivity index (χ0n) is 11.5. The van der Waals surface area contributed by atoms with Gasteiger partial charge in [0.25, 0.3) is 0 Å². The number of ether oxygens (including phenoxy) is 2. The molecule has 1 atom stereocenters. The molecule has 0 spiro atoms. The molecule has 2 aliphatic rings. The lowest BCUT2D eigenvalue weighted by molar-refractivity contribution is 0.171. The van der Waals surface area contributed by atoms with Crippen LogP contribution in [0.3, 0.4) is 0 Å². The van der Waals surface area contributed by atoms with Gasteiger partial charge in [-0.15, -0.1) is 0 Å². The van der Waals surface area contributed by atoms with Gasteiger partial charge in [-0.25, -0.2) is 0 Å². The maximum absolute atomic E-state index is 6.33. The first-order chi connectivity index (χ1) is 9.06. The molecular formula is C15H20ClNO2. The molecule has 1 fully saturated rings. The smallest absolute Gasteiger partial charge is 0.163 e. The van der Waals surface area contributed by atoms with Crippen LogP contribution in [0.15, 0.2) is 12.1 Å². The highest BCUT2D eigenvalue weighted by molar-refractivity contribution is 6.33. The molecule has 1 unspecified atom stereocenters. The van der Waals surface area contributed by atoms with Crippen LogP contribution in [0.25, 0.3) is 0 Å². The van der Waals surface area contributed by atoms with E-state index in [0.717, 1.165) is 17.2 Å². The van der Waals surface area contributed by atoms with E-state index in [4.69, 9.17) is 21.1 Å². The van der Waals surface area contributed by atoms with Gasteiger partial charge in [-0.2, -0.15) is 0 Å². The second-order valence-electron chi connectivity index (χ2n) is 6.05. The molecule has 1 heterocycles. The maximum Gasteiger partial charge on any atom is 0.163 e. The van der Waals surface area contributed by atoms with Gasteiger partial charge in [-0.1, -0.05) is 31.9 Å². The Hall–Kier alpha value is -1.09. The molecule has 1 aliphatic carbocycles. The highest BCUT2D eigenvalue weighted by atomic mass is 35.5. The molecule has 1 saturated carbocycles. The van der Waals surface area contributed by atoms with Crippen LogP contribution < -0.4 is 14.8 Å². The Morgan fingerprint density at radius 1 is 1.21 bits per heavy atom. The minimum atomic E-state index is 0.316. The average molecular weight is 282 g/mol. The van der Waals surface area contributed by atoms with Gasteiger partial charge in [0.15, 0.2) is 11.5 Å². The van der Waals surface area contributed by atoms with Crippen molar-refractivity contribution in [2.75, 3.05) is 18.5 Å². The lowest BCUT2D eigenvalue weighted by Gasteiger charge is -2.29. The molecule has 0 bridgehead atoms. The summed E-state index contributed by atoms with van der Waals surface area (Å²) in [6.45, 7) is 5.81. The Bertz CT molecular complexity index is 487. The van der Waals surface area contributed by atoms with Crippen LogP contribution in [0, 0.1) is 5.41 Å². The number of hydrogen-bond acceptors (Lipinski definition) is 3. The van der Waals surface area contributed by atoms with Gasteiger partial charge in [0.1, 0.15) is 13.2 Å². The standard InChI is InChI=1S/C15H20ClNO2/c1-15(2)5-3-4-14(15)17-11-9-13-12(8-10(11)16)18-6-7-19-13/h8-9,14,17H,3-7H2,1-2H3. The largest absolute Gasteiger partial charge is 0.486 e. The third kappa shape index (κ3) is 2.48. The third-order valence-corrected chi connectivity index (χ3v) is 4.53. The summed E-state index contributed by atoms with van der Waals surface area (Å²) in [5.41, 5.74) is 1.27. The Balaban J connectivity index is 1.85. The summed E-state index contributed by atoms with van der Waals surface area (Å²) in [5.74, 6) is 1.53. The van der Waals surface area contributed by atoms with Crippen molar-refractivity contribution < 1.29 is 9.47 Å². The first-order valence-corrected chi connectivity index (χ1v) is 7.30. The molecule has 1 aromatic rings. The van der Waals surface area contributed by atoms with E-state index in [2.05, 4.69) is 19.2 Å². The highest BCUT2D eigenvalue weighted by Crippen LogP contribution is 2.42. The molecule has 0 radical (unpaired) electrons. The summed E-state index contributed by atoms with van der Waals surface area (Å²) in [5, 5.41) is 4.28. The zero-order valence-corrected chi connectivity index (χ0v) is 12.2. The molecule has 104 valence electrons. The van der Waals surface area contributed by atoms with Crippen molar-refractivity contribution in [3.05, 3.63) is 17.2 Å². The average Bonchev–Trinajstić information content (AvgIpc) is 2.70. The van der Waals surface area contributed by atoms with Crippen molar-refractivity contribution in [1.29, 1.82) is 0 Å². The molecule has 3 rings (SSSR count). The van der Waals surface area contributed by atoms with Crippen LogP contribution in [-0.4, -0.2) is 19.3 Å². The van der Waals surface area contributed by atoms with Crippen molar-refractivity contribution in [3.8, 4) is 11.5 Å². The van der Waals surface area contributed by atoms with E-state index in [1.165, 1.54) is 19.3 Å². The minimum Gasteiger partial charge on any atom is -0.486 e. The molecule has 0 amide bonds. The van der Waals surface area contributed by atoms with Crippen LogP contribution in [0.5, 0.6) is 11.5 Å². The van der Waals surface area contributed by atoms with E-state index in [1.54, 1.807) is 0 Å². The number of nitrogens with one attached hydrogen (secondary N) is 1. The zero-order chi connectivity index (χ0) is 13.5. The summed E-state index contributed by atoms with van der Waals surface area (Å²) in [4.78, 5) is 0. The Morgan fingerprint density at radius 2 is 1.89 bits per heavy atom. The Morgan fingerprint density at radius 3 is 2.53 bits per heavy atom. The molecule has 0 aromatic heterocycles. The van der Waals surface area contributed by atoms with Crippen LogP contribution >= 0.6 is 11.6 Å². The Kier molecular flexibility index (Phi) is 3.25. The minimum absolute atomic E-state index is 0.316. The van der Waals surface area contributed by atoms with Crippen LogP contribution in [0.2, 0.25) is 5.02 Å². The fraction of sp³-hybridized carbons (Fsp3) is 0.600. The molecule has 4 heteroatoms. The van der Waals surface area contributed by atoms with E-state index in [0.29, 0.717) is 29.7 Å². The van der Waals surface area contributed by atoms with Gasteiger partial charge in [-0.05, 0) is 18.3 Å². The third-order valence-electron chi connectivity index (χ3n) is 4.22. The summed E-state index contributed by atoms with van der Waals surface area (Å²) in [7, 11) is 0. The topological polar surface area (TPSA) is 30.5 Å². The number of anilines is 1. The molecular weight excluding hydrogens is 262 g/mol. The lowest BCUT2D eigenvalue weighted by Crippen LogP contribution is -2.31. The molecule has 1 N–H and O–H groups in total. The number of hydrogen-bond donors (Lipinski definition) is 1. The van der Waals surface area contributed by atoms with Gasteiger partial charge in [-0.3, -0.25) is 0 Å². The van der Waals surface area contributed by atoms with Gasteiger partial charge in [0, 0.05) is 18.2 Å². The van der Waals surface area contributed by atoms with E-state index < -0.39 is 0 Å². The second-order valence-corrected chi connectivity index (χ2v) is 6.46. The second kappa shape index (κ2) is 4.78. The fourth-order valence-corrected chi connectivity index (χ4v) is 3.16. The summed E-state index contributed by atoms with van der Waals surface area (Å²) < 4.78 is 11.1. The summed E-state index contributed by atoms with van der Waals surface area (Å²) in [6.07, 6.45) is 3.72. The van der Waals surface area contributed by atoms with Crippen molar-refractivity contribution in [2.45, 2.75) is 39.2 Å². The number of benzene rings is 1. The predicted octanol–water partition coefficient (Wildman–Crippen LogP) is 4.10. The number of fused-ring (bicyclic) bond motifs is 1. The molecule has 0 saturated heterocycles. The first kappa shape index (κ1) is 12.9. The normalized spacial score (nSPS) is 24.3. The maximum atomic E-state index is 6.33. The monoisotopic (exact) mass is 281 g/mol. The van der Waals surface area contributed by atoms with E-state index >= 15 is 0 Å². The molecule has 19 heavy (non-hydrogen) atoms. The van der Waals surface area contributed by atoms with Gasteiger partial charge in [0.05, 0.1) is 10.7 Å². The lowest BCUT2D eigenvalue weighted by atomic mass is 9.87. The summed E-state index contributed by atoms with van der Waals surface area (Å²) >= 11 is 6.33. The molecule has 1 aliphatic heterocycles. The summed E-state index contributed by atoms with van der Waals surface area (Å²) in [6, 6.07) is 4.28. The quantitative estimate of drug-likeness (QED) is 0.885. The fourth-order valence-electron chi connectivity index (χ4n) is 2.96. The predicted molar refractivity (Wildman–Crippen MR) is 77.5 cm³/mol. The van der Waals surface area contributed by atoms with Crippen molar-refractivity contribution in [2.24, 2.45) is 5.41 Å². The number of rotatable bonds is 2. The van der Waals surface area contributed by atoms with Crippen molar-refractivity contribution >= 4 is 17.3 Å². The van der Waals surface area contributed by atoms with Gasteiger partial charge in [0.2, 0.25) is 0 Å². The molecule has 3 nitrogen and oxygen atoms in total. The SMILES string of the molecule is CC1(C)CCCC1Nc1cc2c(cc1Cl)OCCO2. The van der Waals surface area contributed by atoms with E-state index in [9.17, 15) is 0 Å². The van der Waals surface area contributed by atoms with E-state index in [1.807, 2.05) is 12.1 Å². The van der Waals surface area contributed by atoms with E-state index in [-0.39, 0.29) is 0 Å². The highest BCUT2D eigenvalue weighted by Gasteiger charge is 2.34. The molecule has 1 aromatic carbocycles. The van der Waals surface area contributed by atoms with Crippen LogP contribution in [-0.2, 0) is 0 Å². The van der Waals surface area contributed by atoms with Crippen LogP contribution in [0.1, 0.15) is 33.1 Å². The van der Waals surface area contributed by atoms with Crippen LogP contribution in [0.4, 0.5) is 5.69 Å².